The number of benzene rings is 4. The number of carbonyl (C=O) groups excluding carboxylic acids is 2. The summed E-state index contributed by atoms with van der Waals surface area (Å²) in [7, 11) is 6.55. The van der Waals surface area contributed by atoms with E-state index in [9.17, 15) is 9.59 Å². The summed E-state index contributed by atoms with van der Waals surface area (Å²) in [6, 6.07) is 31.3. The summed E-state index contributed by atoms with van der Waals surface area (Å²) in [6.45, 7) is 4.22. The lowest BCUT2D eigenvalue weighted by atomic mass is 9.85. The largest absolute Gasteiger partial charge is 0.497 e. The Balaban J connectivity index is 1.41. The van der Waals surface area contributed by atoms with E-state index < -0.39 is 0 Å². The van der Waals surface area contributed by atoms with Crippen molar-refractivity contribution in [3.63, 3.8) is 0 Å². The molecule has 0 fully saturated rings. The van der Waals surface area contributed by atoms with Gasteiger partial charge in [0.25, 0.3) is 11.8 Å². The molecule has 4 N–H and O–H groups in total. The molecule has 4 atom stereocenters. The van der Waals surface area contributed by atoms with E-state index in [2.05, 4.69) is 59.6 Å². The van der Waals surface area contributed by atoms with Gasteiger partial charge in [-0.15, -0.1) is 0 Å². The highest BCUT2D eigenvalue weighted by molar-refractivity contribution is 5.84. The van der Waals surface area contributed by atoms with Gasteiger partial charge < -0.3 is 29.6 Å². The van der Waals surface area contributed by atoms with Crippen LogP contribution < -0.4 is 40.4 Å². The van der Waals surface area contributed by atoms with Crippen molar-refractivity contribution in [2.45, 2.75) is 50.6 Å². The van der Waals surface area contributed by atoms with Gasteiger partial charge in [-0.2, -0.15) is 0 Å². The number of methoxy groups -OCH3 is 4. The summed E-state index contributed by atoms with van der Waals surface area (Å²) in [6.07, 6.45) is 1.65. The molecule has 0 aliphatic heterocycles. The van der Waals surface area contributed by atoms with Crippen LogP contribution in [0.25, 0.3) is 0 Å². The Morgan fingerprint density at radius 3 is 0.960 bits per heavy atom. The molecule has 0 bridgehead atoms. The topological polar surface area (TPSA) is 119 Å². The molecule has 10 nitrogen and oxygen atoms in total. The number of amides is 2. The van der Waals surface area contributed by atoms with Crippen LogP contribution in [-0.4, -0.2) is 53.3 Å². The molecule has 0 aliphatic rings. The molecule has 4 aromatic carbocycles. The third kappa shape index (κ3) is 10.2. The van der Waals surface area contributed by atoms with Gasteiger partial charge in [0.05, 0.1) is 41.5 Å². The van der Waals surface area contributed by atoms with Crippen LogP contribution in [0.2, 0.25) is 0 Å². The lowest BCUT2D eigenvalue weighted by molar-refractivity contribution is -0.128. The van der Waals surface area contributed by atoms with Gasteiger partial charge >= 0.3 is 0 Å². The number of hydrogen-bond donors (Lipinski definition) is 4. The van der Waals surface area contributed by atoms with Gasteiger partial charge in [-0.1, -0.05) is 62.4 Å². The lowest BCUT2D eigenvalue weighted by Crippen LogP contribution is -2.49. The first-order valence-corrected chi connectivity index (χ1v) is 16.9. The number of ether oxygens (including phenoxy) is 4. The van der Waals surface area contributed by atoms with Crippen LogP contribution >= 0.6 is 0 Å². The second-order valence-electron chi connectivity index (χ2n) is 11.9. The molecule has 0 heterocycles. The molecule has 4 rings (SSSR count). The van der Waals surface area contributed by atoms with Gasteiger partial charge in [0.2, 0.25) is 0 Å². The maximum atomic E-state index is 13.1. The van der Waals surface area contributed by atoms with Crippen molar-refractivity contribution < 1.29 is 28.5 Å². The molecule has 10 heteroatoms. The zero-order valence-electron chi connectivity index (χ0n) is 29.8. The Kier molecular flexibility index (Phi) is 14.5. The zero-order valence-corrected chi connectivity index (χ0v) is 29.8. The maximum Gasteiger partial charge on any atom is 0.252 e. The molecular weight excluding hydrogens is 632 g/mol. The van der Waals surface area contributed by atoms with E-state index in [1.807, 2.05) is 72.8 Å². The minimum Gasteiger partial charge on any atom is -0.497 e. The highest BCUT2D eigenvalue weighted by Crippen LogP contribution is 2.36. The Morgan fingerprint density at radius 1 is 0.460 bits per heavy atom. The highest BCUT2D eigenvalue weighted by Gasteiger charge is 2.26. The molecule has 0 radical (unpaired) electrons. The van der Waals surface area contributed by atoms with Crippen LogP contribution in [0.15, 0.2) is 97.1 Å². The van der Waals surface area contributed by atoms with E-state index in [0.29, 0.717) is 0 Å². The zero-order chi connectivity index (χ0) is 35.9. The third-order valence-electron chi connectivity index (χ3n) is 9.03. The van der Waals surface area contributed by atoms with Crippen LogP contribution in [0.1, 0.15) is 72.9 Å². The lowest BCUT2D eigenvalue weighted by Gasteiger charge is -2.29. The van der Waals surface area contributed by atoms with Crippen LogP contribution in [-0.2, 0) is 9.59 Å². The molecule has 0 saturated carbocycles. The van der Waals surface area contributed by atoms with E-state index in [0.717, 1.165) is 58.1 Å². The first-order chi connectivity index (χ1) is 24.3. The van der Waals surface area contributed by atoms with Gasteiger partial charge in [-0.25, -0.2) is 0 Å². The van der Waals surface area contributed by atoms with E-state index >= 15 is 0 Å². The van der Waals surface area contributed by atoms with Gasteiger partial charge in [0, 0.05) is 23.9 Å². The molecular formula is C40H50N4O6. The van der Waals surface area contributed by atoms with Crippen LogP contribution in [0.5, 0.6) is 23.0 Å². The van der Waals surface area contributed by atoms with E-state index in [1.165, 1.54) is 0 Å². The molecule has 2 amide bonds. The van der Waals surface area contributed by atoms with E-state index in [4.69, 9.17) is 18.9 Å². The third-order valence-corrected chi connectivity index (χ3v) is 9.03. The molecule has 266 valence electrons. The Labute approximate surface area is 295 Å². The normalized spacial score (nSPS) is 13.3. The predicted octanol–water partition coefficient (Wildman–Crippen LogP) is 6.22. The SMILES string of the molecule is CCC(c1ccc(OC)cc1)C(NCC(=O)NNC(=O)CNC(c1ccc(OC)cc1)C(CC)c1ccc(OC)cc1)c1ccc(OC)cc1. The van der Waals surface area contributed by atoms with E-state index in [-0.39, 0.29) is 48.8 Å². The predicted molar refractivity (Wildman–Crippen MR) is 196 cm³/mol. The minimum absolute atomic E-state index is 0.0130. The molecule has 4 unspecified atom stereocenters. The van der Waals surface area contributed by atoms with Crippen LogP contribution in [0.3, 0.4) is 0 Å². The standard InChI is InChI=1S/C40H50N4O6/c1-7-35(27-9-17-31(47-3)18-10-27)39(29-13-21-33(49-5)22-14-29)41-25-37(45)43-44-38(46)26-42-40(30-15-23-34(50-6)24-16-30)36(8-2)28-11-19-32(48-4)20-12-28/h9-24,35-36,39-42H,7-8,25-26H2,1-6H3,(H,43,45)(H,44,46). The molecule has 0 aliphatic carbocycles. The van der Waals surface area contributed by atoms with Gasteiger partial charge in [-0.05, 0) is 83.6 Å². The highest BCUT2D eigenvalue weighted by atomic mass is 16.5. The van der Waals surface area contributed by atoms with Gasteiger partial charge in [-0.3, -0.25) is 20.4 Å². The summed E-state index contributed by atoms with van der Waals surface area (Å²) < 4.78 is 21.4. The summed E-state index contributed by atoms with van der Waals surface area (Å²) in [5.41, 5.74) is 9.42. The summed E-state index contributed by atoms with van der Waals surface area (Å²) in [5, 5.41) is 6.87. The Bertz CT molecular complexity index is 1490. The minimum atomic E-state index is -0.363. The summed E-state index contributed by atoms with van der Waals surface area (Å²) in [4.78, 5) is 26.1. The number of hydrazine groups is 1. The first-order valence-electron chi connectivity index (χ1n) is 16.9. The van der Waals surface area contributed by atoms with Crippen LogP contribution in [0.4, 0.5) is 0 Å². The smallest absolute Gasteiger partial charge is 0.252 e. The Morgan fingerprint density at radius 2 is 0.720 bits per heavy atom. The molecule has 50 heavy (non-hydrogen) atoms. The first kappa shape index (κ1) is 37.8. The molecule has 0 aromatic heterocycles. The van der Waals surface area contributed by atoms with Crippen LogP contribution in [0, 0.1) is 0 Å². The summed E-state index contributed by atoms with van der Waals surface area (Å²) >= 11 is 0. The van der Waals surface area contributed by atoms with Crippen molar-refractivity contribution in [3.8, 4) is 23.0 Å². The molecule has 0 spiro atoms. The second-order valence-corrected chi connectivity index (χ2v) is 11.9. The van der Waals surface area contributed by atoms with E-state index in [1.54, 1.807) is 28.4 Å². The van der Waals surface area contributed by atoms with Crippen molar-refractivity contribution in [3.05, 3.63) is 119 Å². The summed E-state index contributed by atoms with van der Waals surface area (Å²) in [5.74, 6) is 2.47. The second kappa shape index (κ2) is 19.2. The monoisotopic (exact) mass is 682 g/mol. The van der Waals surface area contributed by atoms with Crippen molar-refractivity contribution in [1.82, 2.24) is 21.5 Å². The number of rotatable bonds is 18. The molecule has 4 aromatic rings. The van der Waals surface area contributed by atoms with Crippen molar-refractivity contribution in [2.24, 2.45) is 0 Å². The molecule has 0 saturated heterocycles. The van der Waals surface area contributed by atoms with Gasteiger partial charge in [0.15, 0.2) is 0 Å². The average molecular weight is 683 g/mol. The number of nitrogens with one attached hydrogen (secondary N) is 4. The fourth-order valence-corrected chi connectivity index (χ4v) is 6.27. The quantitative estimate of drug-likeness (QED) is 0.0915. The fourth-order valence-electron chi connectivity index (χ4n) is 6.27. The van der Waals surface area contributed by atoms with Crippen molar-refractivity contribution in [1.29, 1.82) is 0 Å². The van der Waals surface area contributed by atoms with Crippen molar-refractivity contribution >= 4 is 11.8 Å². The Hall–Kier alpha value is -5.06. The fraction of sp³-hybridized carbons (Fsp3) is 0.350. The average Bonchev–Trinajstić information content (AvgIpc) is 3.17. The van der Waals surface area contributed by atoms with Crippen molar-refractivity contribution in [2.75, 3.05) is 41.5 Å². The maximum absolute atomic E-state index is 13.1. The number of hydrogen-bond acceptors (Lipinski definition) is 8. The van der Waals surface area contributed by atoms with Gasteiger partial charge in [0.1, 0.15) is 23.0 Å². The number of carbonyl (C=O) groups is 2.